The van der Waals surface area contributed by atoms with Crippen LogP contribution in [0.25, 0.3) is 0 Å². The van der Waals surface area contributed by atoms with Crippen LogP contribution >= 0.6 is 0 Å². The number of nitriles is 1. The highest BCUT2D eigenvalue weighted by Gasteiger charge is 2.22. The predicted molar refractivity (Wildman–Crippen MR) is 90.5 cm³/mol. The Balaban J connectivity index is 1.51. The van der Waals surface area contributed by atoms with E-state index in [-0.39, 0.29) is 12.5 Å². The molecule has 0 unspecified atom stereocenters. The lowest BCUT2D eigenvalue weighted by Gasteiger charge is -2.34. The summed E-state index contributed by atoms with van der Waals surface area (Å²) < 4.78 is 0. The monoisotopic (exact) mass is 322 g/mol. The lowest BCUT2D eigenvalue weighted by molar-refractivity contribution is -0.129. The van der Waals surface area contributed by atoms with Gasteiger partial charge in [-0.3, -0.25) is 4.79 Å². The lowest BCUT2D eigenvalue weighted by Crippen LogP contribution is -2.50. The average Bonchev–Trinajstić information content (AvgIpc) is 2.67. The van der Waals surface area contributed by atoms with Gasteiger partial charge in [-0.15, -0.1) is 0 Å². The van der Waals surface area contributed by atoms with Crippen LogP contribution in [0.15, 0.2) is 42.7 Å². The third-order valence-electron chi connectivity index (χ3n) is 3.94. The maximum atomic E-state index is 12.3. The number of nitrogens with zero attached hydrogens (tertiary/aromatic N) is 5. The van der Waals surface area contributed by atoms with Gasteiger partial charge in [0.2, 0.25) is 11.9 Å². The number of hydrogen-bond acceptors (Lipinski definition) is 6. The number of aromatic nitrogens is 2. The molecular weight excluding hydrogens is 304 g/mol. The van der Waals surface area contributed by atoms with Gasteiger partial charge in [0.25, 0.3) is 0 Å². The number of piperazine rings is 1. The van der Waals surface area contributed by atoms with E-state index in [1.807, 2.05) is 11.0 Å². The van der Waals surface area contributed by atoms with E-state index in [4.69, 9.17) is 5.26 Å². The normalized spacial score (nSPS) is 14.1. The number of carbonyl (C=O) groups excluding carboxylic acids is 1. The van der Waals surface area contributed by atoms with Crippen LogP contribution < -0.4 is 10.2 Å². The number of amides is 1. The zero-order valence-corrected chi connectivity index (χ0v) is 13.2. The highest BCUT2D eigenvalue weighted by Crippen LogP contribution is 2.14. The number of anilines is 2. The zero-order chi connectivity index (χ0) is 16.8. The third kappa shape index (κ3) is 3.60. The third-order valence-corrected chi connectivity index (χ3v) is 3.94. The molecule has 1 aromatic carbocycles. The van der Waals surface area contributed by atoms with Crippen LogP contribution in [0.1, 0.15) is 5.56 Å². The molecule has 0 radical (unpaired) electrons. The maximum absolute atomic E-state index is 12.3. The topological polar surface area (TPSA) is 85.2 Å². The molecule has 2 heterocycles. The molecule has 0 atom stereocenters. The SMILES string of the molecule is N#Cc1ccccc1NCC(=O)N1CCN(c2ncccn2)CC1. The largest absolute Gasteiger partial charge is 0.375 e. The molecule has 122 valence electrons. The summed E-state index contributed by atoms with van der Waals surface area (Å²) in [5.74, 6) is 0.724. The van der Waals surface area contributed by atoms with Crippen molar-refractivity contribution < 1.29 is 4.79 Å². The summed E-state index contributed by atoms with van der Waals surface area (Å²) >= 11 is 0. The van der Waals surface area contributed by atoms with Crippen molar-refractivity contribution in [1.82, 2.24) is 14.9 Å². The van der Waals surface area contributed by atoms with Gasteiger partial charge in [0.1, 0.15) is 6.07 Å². The number of hydrogen-bond donors (Lipinski definition) is 1. The molecular formula is C17H18N6O. The summed E-state index contributed by atoms with van der Waals surface area (Å²) in [6.45, 7) is 2.88. The van der Waals surface area contributed by atoms with Crippen LogP contribution in [-0.4, -0.2) is 53.5 Å². The molecule has 1 fully saturated rings. The Bertz CT molecular complexity index is 734. The quantitative estimate of drug-likeness (QED) is 0.907. The molecule has 0 saturated carbocycles. The smallest absolute Gasteiger partial charge is 0.241 e. The summed E-state index contributed by atoms with van der Waals surface area (Å²) in [6, 6.07) is 11.1. The molecule has 3 rings (SSSR count). The molecule has 1 N–H and O–H groups in total. The van der Waals surface area contributed by atoms with E-state index in [0.717, 1.165) is 0 Å². The highest BCUT2D eigenvalue weighted by atomic mass is 16.2. The van der Waals surface area contributed by atoms with Crippen molar-refractivity contribution in [3.05, 3.63) is 48.3 Å². The summed E-state index contributed by atoms with van der Waals surface area (Å²) in [5, 5.41) is 12.1. The van der Waals surface area contributed by atoms with Crippen LogP contribution in [0, 0.1) is 11.3 Å². The van der Waals surface area contributed by atoms with Crippen molar-refractivity contribution in [2.24, 2.45) is 0 Å². The summed E-state index contributed by atoms with van der Waals surface area (Å²) in [4.78, 5) is 24.7. The molecule has 7 heteroatoms. The molecule has 1 aromatic heterocycles. The second-order valence-electron chi connectivity index (χ2n) is 5.43. The fourth-order valence-electron chi connectivity index (χ4n) is 2.63. The van der Waals surface area contributed by atoms with E-state index in [1.54, 1.807) is 36.7 Å². The van der Waals surface area contributed by atoms with E-state index in [9.17, 15) is 4.79 Å². The van der Waals surface area contributed by atoms with E-state index >= 15 is 0 Å². The minimum atomic E-state index is 0.0244. The molecule has 0 bridgehead atoms. The van der Waals surface area contributed by atoms with Crippen LogP contribution in [0.5, 0.6) is 0 Å². The Labute approximate surface area is 140 Å². The van der Waals surface area contributed by atoms with E-state index < -0.39 is 0 Å². The second-order valence-corrected chi connectivity index (χ2v) is 5.43. The van der Waals surface area contributed by atoms with Crippen molar-refractivity contribution in [3.8, 4) is 6.07 Å². The van der Waals surface area contributed by atoms with E-state index in [0.29, 0.717) is 43.4 Å². The Morgan fingerprint density at radius 1 is 1.12 bits per heavy atom. The van der Waals surface area contributed by atoms with Crippen LogP contribution in [0.2, 0.25) is 0 Å². The standard InChI is InChI=1S/C17H18N6O/c18-12-14-4-1-2-5-15(14)21-13-16(24)22-8-10-23(11-9-22)17-19-6-3-7-20-17/h1-7,21H,8-11,13H2. The van der Waals surface area contributed by atoms with Crippen molar-refractivity contribution >= 4 is 17.5 Å². The number of benzene rings is 1. The van der Waals surface area contributed by atoms with Crippen LogP contribution in [0.4, 0.5) is 11.6 Å². The Kier molecular flexibility index (Phi) is 4.87. The summed E-state index contributed by atoms with van der Waals surface area (Å²) in [5.41, 5.74) is 1.22. The van der Waals surface area contributed by atoms with Crippen molar-refractivity contribution in [2.75, 3.05) is 42.9 Å². The molecule has 1 aliphatic rings. The fraction of sp³-hybridized carbons (Fsp3) is 0.294. The van der Waals surface area contributed by atoms with Gasteiger partial charge in [-0.05, 0) is 18.2 Å². The zero-order valence-electron chi connectivity index (χ0n) is 13.2. The van der Waals surface area contributed by atoms with Gasteiger partial charge in [-0.2, -0.15) is 5.26 Å². The minimum absolute atomic E-state index is 0.0244. The summed E-state index contributed by atoms with van der Waals surface area (Å²) in [7, 11) is 0. The first kappa shape index (κ1) is 15.7. The van der Waals surface area contributed by atoms with Gasteiger partial charge in [0, 0.05) is 38.6 Å². The van der Waals surface area contributed by atoms with Crippen molar-refractivity contribution in [1.29, 1.82) is 5.26 Å². The van der Waals surface area contributed by atoms with Crippen molar-refractivity contribution in [2.45, 2.75) is 0 Å². The predicted octanol–water partition coefficient (Wildman–Crippen LogP) is 1.11. The lowest BCUT2D eigenvalue weighted by atomic mass is 10.2. The van der Waals surface area contributed by atoms with Gasteiger partial charge < -0.3 is 15.1 Å². The van der Waals surface area contributed by atoms with Crippen LogP contribution in [-0.2, 0) is 4.79 Å². The average molecular weight is 322 g/mol. The highest BCUT2D eigenvalue weighted by molar-refractivity contribution is 5.81. The molecule has 24 heavy (non-hydrogen) atoms. The van der Waals surface area contributed by atoms with Crippen molar-refractivity contribution in [3.63, 3.8) is 0 Å². The molecule has 1 saturated heterocycles. The summed E-state index contributed by atoms with van der Waals surface area (Å²) in [6.07, 6.45) is 3.44. The molecule has 0 spiro atoms. The molecule has 1 aliphatic heterocycles. The molecule has 1 amide bonds. The molecule has 2 aromatic rings. The Morgan fingerprint density at radius 2 is 1.83 bits per heavy atom. The van der Waals surface area contributed by atoms with E-state index in [2.05, 4.69) is 26.3 Å². The Morgan fingerprint density at radius 3 is 2.54 bits per heavy atom. The first-order valence-corrected chi connectivity index (χ1v) is 7.80. The first-order chi connectivity index (χ1) is 11.8. The number of para-hydroxylation sites is 1. The van der Waals surface area contributed by atoms with Gasteiger partial charge >= 0.3 is 0 Å². The van der Waals surface area contributed by atoms with Gasteiger partial charge in [0.15, 0.2) is 0 Å². The van der Waals surface area contributed by atoms with Gasteiger partial charge in [-0.1, -0.05) is 12.1 Å². The number of nitrogens with one attached hydrogen (secondary N) is 1. The minimum Gasteiger partial charge on any atom is -0.375 e. The molecule has 7 nitrogen and oxygen atoms in total. The fourth-order valence-corrected chi connectivity index (χ4v) is 2.63. The number of carbonyl (C=O) groups is 1. The molecule has 0 aliphatic carbocycles. The second kappa shape index (κ2) is 7.42. The first-order valence-electron chi connectivity index (χ1n) is 7.80. The van der Waals surface area contributed by atoms with Crippen LogP contribution in [0.3, 0.4) is 0 Å². The van der Waals surface area contributed by atoms with E-state index in [1.165, 1.54) is 0 Å². The van der Waals surface area contributed by atoms with Gasteiger partial charge in [-0.25, -0.2) is 9.97 Å². The number of rotatable bonds is 4. The van der Waals surface area contributed by atoms with Gasteiger partial charge in [0.05, 0.1) is 17.8 Å². The Hall–Kier alpha value is -3.14. The maximum Gasteiger partial charge on any atom is 0.241 e.